The molecule has 0 aliphatic heterocycles. The highest BCUT2D eigenvalue weighted by molar-refractivity contribution is 6.41. The number of nitrogens with one attached hydrogen (secondary N) is 1. The molecule has 5 heteroatoms. The van der Waals surface area contributed by atoms with E-state index in [9.17, 15) is 4.79 Å². The fourth-order valence-electron chi connectivity index (χ4n) is 2.01. The van der Waals surface area contributed by atoms with Gasteiger partial charge >= 0.3 is 7.12 Å². The molecule has 0 saturated heterocycles. The van der Waals surface area contributed by atoms with Gasteiger partial charge in [-0.25, -0.2) is 0 Å². The predicted molar refractivity (Wildman–Crippen MR) is 59.2 cm³/mol. The smallest absolute Gasteiger partial charge is 0.427 e. The Morgan fingerprint density at radius 2 is 2.00 bits per heavy atom. The molecule has 1 rings (SSSR count). The summed E-state index contributed by atoms with van der Waals surface area (Å²) in [6.45, 7) is 1.72. The van der Waals surface area contributed by atoms with E-state index in [4.69, 9.17) is 10.0 Å². The fraction of sp³-hybridized carbons (Fsp3) is 0.900. The summed E-state index contributed by atoms with van der Waals surface area (Å²) in [6, 6.07) is 0.296. The van der Waals surface area contributed by atoms with Crippen LogP contribution < -0.4 is 5.32 Å². The van der Waals surface area contributed by atoms with Gasteiger partial charge in [0.15, 0.2) is 0 Å². The lowest BCUT2D eigenvalue weighted by molar-refractivity contribution is -0.125. The molecule has 1 aliphatic carbocycles. The third-order valence-corrected chi connectivity index (χ3v) is 2.96. The summed E-state index contributed by atoms with van der Waals surface area (Å²) in [5.41, 5.74) is 0. The molecule has 4 nitrogen and oxygen atoms in total. The highest BCUT2D eigenvalue weighted by Gasteiger charge is 2.22. The number of carbonyl (C=O) groups excluding carboxylic acids is 1. The zero-order valence-electron chi connectivity index (χ0n) is 9.28. The molecule has 0 aromatic heterocycles. The average Bonchev–Trinajstić information content (AvgIpc) is 2.18. The van der Waals surface area contributed by atoms with E-state index in [-0.39, 0.29) is 18.1 Å². The van der Waals surface area contributed by atoms with Crippen molar-refractivity contribution in [2.75, 3.05) is 0 Å². The van der Waals surface area contributed by atoms with Crippen LogP contribution in [0.3, 0.4) is 0 Å². The molecular formula is C10H20BNO3. The Bertz CT molecular complexity index is 205. The van der Waals surface area contributed by atoms with Crippen LogP contribution in [-0.2, 0) is 4.79 Å². The molecule has 0 spiro atoms. The van der Waals surface area contributed by atoms with E-state index in [1.807, 2.05) is 0 Å². The maximum absolute atomic E-state index is 11.6. The lowest BCUT2D eigenvalue weighted by Crippen LogP contribution is -2.40. The molecule has 86 valence electrons. The third-order valence-electron chi connectivity index (χ3n) is 2.96. The van der Waals surface area contributed by atoms with Crippen LogP contribution in [-0.4, -0.2) is 29.1 Å². The molecular weight excluding hydrogens is 193 g/mol. The first-order chi connectivity index (χ1) is 7.09. The maximum Gasteiger partial charge on any atom is 0.452 e. The van der Waals surface area contributed by atoms with E-state index in [0.29, 0.717) is 6.04 Å². The first kappa shape index (κ1) is 12.5. The van der Waals surface area contributed by atoms with Gasteiger partial charge in [-0.05, 0) is 19.2 Å². The van der Waals surface area contributed by atoms with E-state index in [2.05, 4.69) is 5.32 Å². The van der Waals surface area contributed by atoms with Crippen molar-refractivity contribution < 1.29 is 14.8 Å². The Labute approximate surface area is 91.2 Å². The van der Waals surface area contributed by atoms with Crippen LogP contribution in [0.25, 0.3) is 0 Å². The van der Waals surface area contributed by atoms with Crippen molar-refractivity contribution in [2.45, 2.75) is 51.4 Å². The van der Waals surface area contributed by atoms with Gasteiger partial charge < -0.3 is 15.4 Å². The standard InChI is InChI=1S/C10H20BNO3/c1-8(7-11(14)15)10(13)12-9-5-3-2-4-6-9/h8-9,14-15H,2-7H2,1H3,(H,12,13). The van der Waals surface area contributed by atoms with Gasteiger partial charge in [0.05, 0.1) is 0 Å². The highest BCUT2D eigenvalue weighted by Crippen LogP contribution is 2.18. The summed E-state index contributed by atoms with van der Waals surface area (Å²) in [6.07, 6.45) is 5.85. The minimum atomic E-state index is -1.39. The zero-order chi connectivity index (χ0) is 11.3. The van der Waals surface area contributed by atoms with E-state index >= 15 is 0 Å². The summed E-state index contributed by atoms with van der Waals surface area (Å²) in [7, 11) is -1.39. The van der Waals surface area contributed by atoms with E-state index < -0.39 is 7.12 Å². The molecule has 1 aliphatic rings. The van der Waals surface area contributed by atoms with Crippen molar-refractivity contribution >= 4 is 13.0 Å². The molecule has 1 fully saturated rings. The van der Waals surface area contributed by atoms with Crippen LogP contribution in [0.5, 0.6) is 0 Å². The SMILES string of the molecule is CC(CB(O)O)C(=O)NC1CCCCC1. The second kappa shape index (κ2) is 6.13. The van der Waals surface area contributed by atoms with Crippen molar-refractivity contribution in [3.8, 4) is 0 Å². The molecule has 3 N–H and O–H groups in total. The first-order valence-electron chi connectivity index (χ1n) is 5.76. The molecule has 0 heterocycles. The largest absolute Gasteiger partial charge is 0.452 e. The molecule has 1 atom stereocenters. The Kier molecular flexibility index (Phi) is 5.12. The van der Waals surface area contributed by atoms with Gasteiger partial charge in [-0.3, -0.25) is 4.79 Å². The fourth-order valence-corrected chi connectivity index (χ4v) is 2.01. The van der Waals surface area contributed by atoms with Crippen LogP contribution in [0.15, 0.2) is 0 Å². The average molecular weight is 213 g/mol. The number of amides is 1. The van der Waals surface area contributed by atoms with Crippen molar-refractivity contribution in [3.05, 3.63) is 0 Å². The van der Waals surface area contributed by atoms with Crippen LogP contribution in [0.2, 0.25) is 6.32 Å². The van der Waals surface area contributed by atoms with Gasteiger partial charge in [0, 0.05) is 12.0 Å². The second-order valence-corrected chi connectivity index (χ2v) is 4.46. The van der Waals surface area contributed by atoms with E-state index in [0.717, 1.165) is 12.8 Å². The number of carbonyl (C=O) groups is 1. The minimum Gasteiger partial charge on any atom is -0.427 e. The molecule has 1 unspecified atom stereocenters. The summed E-state index contributed by atoms with van der Waals surface area (Å²) in [5, 5.41) is 20.5. The number of hydrogen-bond donors (Lipinski definition) is 3. The minimum absolute atomic E-state index is 0.0602. The molecule has 0 aromatic carbocycles. The van der Waals surface area contributed by atoms with Gasteiger partial charge in [-0.2, -0.15) is 0 Å². The van der Waals surface area contributed by atoms with Crippen molar-refractivity contribution in [1.82, 2.24) is 5.32 Å². The van der Waals surface area contributed by atoms with Crippen LogP contribution in [0, 0.1) is 5.92 Å². The second-order valence-electron chi connectivity index (χ2n) is 4.46. The normalized spacial score (nSPS) is 19.7. The number of hydrogen-bond acceptors (Lipinski definition) is 3. The Hall–Kier alpha value is -0.545. The van der Waals surface area contributed by atoms with E-state index in [1.165, 1.54) is 19.3 Å². The highest BCUT2D eigenvalue weighted by atomic mass is 16.4. The summed E-state index contributed by atoms with van der Waals surface area (Å²) in [4.78, 5) is 11.6. The summed E-state index contributed by atoms with van der Waals surface area (Å²) < 4.78 is 0. The quantitative estimate of drug-likeness (QED) is 0.597. The maximum atomic E-state index is 11.6. The van der Waals surface area contributed by atoms with E-state index in [1.54, 1.807) is 6.92 Å². The summed E-state index contributed by atoms with van der Waals surface area (Å²) in [5.74, 6) is -0.387. The van der Waals surface area contributed by atoms with Crippen molar-refractivity contribution in [1.29, 1.82) is 0 Å². The van der Waals surface area contributed by atoms with Crippen molar-refractivity contribution in [2.24, 2.45) is 5.92 Å². The Balaban J connectivity index is 2.27. The Morgan fingerprint density at radius 1 is 1.40 bits per heavy atom. The molecule has 0 bridgehead atoms. The van der Waals surface area contributed by atoms with Gasteiger partial charge in [0.25, 0.3) is 0 Å². The molecule has 15 heavy (non-hydrogen) atoms. The third kappa shape index (κ3) is 4.66. The van der Waals surface area contributed by atoms with Crippen LogP contribution in [0.4, 0.5) is 0 Å². The zero-order valence-corrected chi connectivity index (χ0v) is 9.28. The lowest BCUT2D eigenvalue weighted by atomic mass is 9.78. The molecule has 0 radical (unpaired) electrons. The molecule has 1 saturated carbocycles. The molecule has 0 aromatic rings. The topological polar surface area (TPSA) is 69.6 Å². The predicted octanol–water partition coefficient (Wildman–Crippen LogP) is 0.544. The monoisotopic (exact) mass is 213 g/mol. The lowest BCUT2D eigenvalue weighted by Gasteiger charge is -2.24. The van der Waals surface area contributed by atoms with Crippen LogP contribution in [0.1, 0.15) is 39.0 Å². The van der Waals surface area contributed by atoms with Gasteiger partial charge in [0.1, 0.15) is 0 Å². The Morgan fingerprint density at radius 3 is 2.53 bits per heavy atom. The van der Waals surface area contributed by atoms with Gasteiger partial charge in [0.2, 0.25) is 5.91 Å². The summed E-state index contributed by atoms with van der Waals surface area (Å²) >= 11 is 0. The number of rotatable bonds is 4. The van der Waals surface area contributed by atoms with Gasteiger partial charge in [-0.15, -0.1) is 0 Å². The van der Waals surface area contributed by atoms with Crippen molar-refractivity contribution in [3.63, 3.8) is 0 Å². The van der Waals surface area contributed by atoms with Crippen LogP contribution >= 0.6 is 0 Å². The first-order valence-corrected chi connectivity index (χ1v) is 5.76. The molecule has 1 amide bonds. The van der Waals surface area contributed by atoms with Gasteiger partial charge in [-0.1, -0.05) is 26.2 Å².